The summed E-state index contributed by atoms with van der Waals surface area (Å²) in [5, 5.41) is 8.70. The van der Waals surface area contributed by atoms with E-state index in [0.717, 1.165) is 16.7 Å². The molecule has 0 fully saturated rings. The van der Waals surface area contributed by atoms with Gasteiger partial charge in [0.15, 0.2) is 0 Å². The Hall–Kier alpha value is -1.99. The molecule has 0 radical (unpaired) electrons. The predicted octanol–water partition coefficient (Wildman–Crippen LogP) is 3.76. The first-order valence-electron chi connectivity index (χ1n) is 6.58. The Bertz CT molecular complexity index is 714. The van der Waals surface area contributed by atoms with Gasteiger partial charge in [-0.25, -0.2) is 4.39 Å². The van der Waals surface area contributed by atoms with Gasteiger partial charge in [-0.2, -0.15) is 5.26 Å². The van der Waals surface area contributed by atoms with Crippen LogP contribution in [0.2, 0.25) is 0 Å². The highest BCUT2D eigenvalue weighted by atomic mass is 32.2. The number of halogens is 1. The van der Waals surface area contributed by atoms with E-state index in [2.05, 4.69) is 6.07 Å². The van der Waals surface area contributed by atoms with Crippen molar-refractivity contribution in [1.82, 2.24) is 0 Å². The van der Waals surface area contributed by atoms with E-state index < -0.39 is 16.6 Å². The second-order valence-corrected chi connectivity index (χ2v) is 6.60. The summed E-state index contributed by atoms with van der Waals surface area (Å²) >= 11 is 0. The van der Waals surface area contributed by atoms with Gasteiger partial charge in [0.05, 0.1) is 17.4 Å². The first-order valence-corrected chi connectivity index (χ1v) is 8.07. The van der Waals surface area contributed by atoms with E-state index in [-0.39, 0.29) is 11.3 Å². The van der Waals surface area contributed by atoms with Crippen LogP contribution in [-0.4, -0.2) is 4.21 Å². The van der Waals surface area contributed by atoms with Crippen molar-refractivity contribution in [2.75, 3.05) is 0 Å². The molecular formula is C17H16FNOS. The standard InChI is InChI=1S/C17H16FNOS/c1-12-5-13(2)7-15(6-12)10-21(20)11-16-4-3-14(9-19)8-17(16)18/h3-8H,10-11H2,1-2H3. The Morgan fingerprint density at radius 3 is 2.33 bits per heavy atom. The first-order chi connectivity index (χ1) is 9.97. The molecule has 0 aromatic heterocycles. The summed E-state index contributed by atoms with van der Waals surface area (Å²) in [5.41, 5.74) is 3.92. The molecule has 2 rings (SSSR count). The molecule has 21 heavy (non-hydrogen) atoms. The molecule has 0 bridgehead atoms. The van der Waals surface area contributed by atoms with Gasteiger partial charge in [0.1, 0.15) is 5.82 Å². The monoisotopic (exact) mass is 301 g/mol. The van der Waals surface area contributed by atoms with Crippen molar-refractivity contribution in [3.63, 3.8) is 0 Å². The molecule has 0 aliphatic heterocycles. The van der Waals surface area contributed by atoms with Crippen molar-refractivity contribution in [3.05, 3.63) is 70.0 Å². The third-order valence-corrected chi connectivity index (χ3v) is 4.40. The Morgan fingerprint density at radius 1 is 1.10 bits per heavy atom. The Morgan fingerprint density at radius 2 is 1.76 bits per heavy atom. The van der Waals surface area contributed by atoms with Crippen LogP contribution in [0.25, 0.3) is 0 Å². The van der Waals surface area contributed by atoms with E-state index in [1.807, 2.05) is 32.0 Å². The highest BCUT2D eigenvalue weighted by molar-refractivity contribution is 7.83. The highest BCUT2D eigenvalue weighted by Gasteiger charge is 2.09. The van der Waals surface area contributed by atoms with Crippen LogP contribution in [0.5, 0.6) is 0 Å². The third kappa shape index (κ3) is 4.24. The fraction of sp³-hybridized carbons (Fsp3) is 0.235. The summed E-state index contributed by atoms with van der Waals surface area (Å²) < 4.78 is 26.0. The molecule has 2 aromatic rings. The van der Waals surface area contributed by atoms with Crippen molar-refractivity contribution in [1.29, 1.82) is 5.26 Å². The number of rotatable bonds is 4. The van der Waals surface area contributed by atoms with Crippen LogP contribution in [0.1, 0.15) is 27.8 Å². The molecule has 0 aliphatic carbocycles. The molecule has 0 N–H and O–H groups in total. The quantitative estimate of drug-likeness (QED) is 0.862. The molecule has 1 unspecified atom stereocenters. The summed E-state index contributed by atoms with van der Waals surface area (Å²) in [7, 11) is -1.18. The van der Waals surface area contributed by atoms with Crippen molar-refractivity contribution >= 4 is 10.8 Å². The van der Waals surface area contributed by atoms with Crippen molar-refractivity contribution in [2.45, 2.75) is 25.4 Å². The van der Waals surface area contributed by atoms with Gasteiger partial charge < -0.3 is 0 Å². The number of aryl methyl sites for hydroxylation is 2. The van der Waals surface area contributed by atoms with E-state index >= 15 is 0 Å². The lowest BCUT2D eigenvalue weighted by atomic mass is 10.1. The summed E-state index contributed by atoms with van der Waals surface area (Å²) in [6.07, 6.45) is 0. The summed E-state index contributed by atoms with van der Waals surface area (Å²) in [4.78, 5) is 0. The average molecular weight is 301 g/mol. The Labute approximate surface area is 126 Å². The van der Waals surface area contributed by atoms with Crippen LogP contribution < -0.4 is 0 Å². The summed E-state index contributed by atoms with van der Waals surface area (Å²) in [6, 6.07) is 12.2. The van der Waals surface area contributed by atoms with Gasteiger partial charge in [-0.05, 0) is 31.5 Å². The zero-order valence-electron chi connectivity index (χ0n) is 12.0. The van der Waals surface area contributed by atoms with Gasteiger partial charge in [-0.15, -0.1) is 0 Å². The molecule has 2 nitrogen and oxygen atoms in total. The SMILES string of the molecule is Cc1cc(C)cc(CS(=O)Cc2ccc(C#N)cc2F)c1. The number of hydrogen-bond acceptors (Lipinski definition) is 2. The zero-order chi connectivity index (χ0) is 15.4. The smallest absolute Gasteiger partial charge is 0.128 e. The number of nitriles is 1. The molecule has 1 atom stereocenters. The van der Waals surface area contributed by atoms with Gasteiger partial charge in [-0.1, -0.05) is 35.4 Å². The first kappa shape index (κ1) is 15.4. The van der Waals surface area contributed by atoms with E-state index in [1.54, 1.807) is 6.07 Å². The molecule has 0 saturated heterocycles. The zero-order valence-corrected chi connectivity index (χ0v) is 12.8. The van der Waals surface area contributed by atoms with E-state index in [1.165, 1.54) is 12.1 Å². The molecule has 4 heteroatoms. The van der Waals surface area contributed by atoms with Crippen molar-refractivity contribution in [3.8, 4) is 6.07 Å². The summed E-state index contributed by atoms with van der Waals surface area (Å²) in [6.45, 7) is 4.00. The molecule has 0 saturated carbocycles. The normalized spacial score (nSPS) is 11.9. The van der Waals surface area contributed by atoms with Crippen LogP contribution in [0.3, 0.4) is 0 Å². The van der Waals surface area contributed by atoms with Crippen LogP contribution in [0.4, 0.5) is 4.39 Å². The minimum Gasteiger partial charge on any atom is -0.259 e. The van der Waals surface area contributed by atoms with Gasteiger partial charge >= 0.3 is 0 Å². The lowest BCUT2D eigenvalue weighted by molar-refractivity contribution is 0.614. The molecule has 2 aromatic carbocycles. The minimum atomic E-state index is -1.18. The third-order valence-electron chi connectivity index (χ3n) is 3.11. The maximum absolute atomic E-state index is 13.8. The number of nitrogens with zero attached hydrogens (tertiary/aromatic N) is 1. The number of hydrogen-bond donors (Lipinski definition) is 0. The van der Waals surface area contributed by atoms with E-state index in [0.29, 0.717) is 11.3 Å². The van der Waals surface area contributed by atoms with Crippen molar-refractivity contribution < 1.29 is 8.60 Å². The van der Waals surface area contributed by atoms with Crippen LogP contribution >= 0.6 is 0 Å². The minimum absolute atomic E-state index is 0.157. The molecular weight excluding hydrogens is 285 g/mol. The number of benzene rings is 2. The maximum Gasteiger partial charge on any atom is 0.128 e. The fourth-order valence-electron chi connectivity index (χ4n) is 2.30. The maximum atomic E-state index is 13.8. The molecule has 0 heterocycles. The van der Waals surface area contributed by atoms with Crippen LogP contribution in [-0.2, 0) is 22.3 Å². The molecule has 0 spiro atoms. The molecule has 0 aliphatic rings. The largest absolute Gasteiger partial charge is 0.259 e. The van der Waals surface area contributed by atoms with Gasteiger partial charge in [0.25, 0.3) is 0 Å². The highest BCUT2D eigenvalue weighted by Crippen LogP contribution is 2.16. The second kappa shape index (κ2) is 6.64. The topological polar surface area (TPSA) is 40.9 Å². The fourth-order valence-corrected chi connectivity index (χ4v) is 3.52. The molecule has 108 valence electrons. The average Bonchev–Trinajstić information content (AvgIpc) is 2.39. The Balaban J connectivity index is 2.10. The van der Waals surface area contributed by atoms with Gasteiger partial charge in [0, 0.05) is 22.1 Å². The Kier molecular flexibility index (Phi) is 4.87. The lowest BCUT2D eigenvalue weighted by Gasteiger charge is -2.07. The van der Waals surface area contributed by atoms with Crippen LogP contribution in [0, 0.1) is 31.0 Å². The lowest BCUT2D eigenvalue weighted by Crippen LogP contribution is -2.02. The van der Waals surface area contributed by atoms with E-state index in [9.17, 15) is 8.60 Å². The van der Waals surface area contributed by atoms with Crippen LogP contribution in [0.15, 0.2) is 36.4 Å². The van der Waals surface area contributed by atoms with Gasteiger partial charge in [-0.3, -0.25) is 4.21 Å². The second-order valence-electron chi connectivity index (χ2n) is 5.14. The van der Waals surface area contributed by atoms with Crippen molar-refractivity contribution in [2.24, 2.45) is 0 Å². The molecule has 0 amide bonds. The van der Waals surface area contributed by atoms with Gasteiger partial charge in [0.2, 0.25) is 0 Å². The summed E-state index contributed by atoms with van der Waals surface area (Å²) in [5.74, 6) is 0.0924. The predicted molar refractivity (Wildman–Crippen MR) is 82.6 cm³/mol. The van der Waals surface area contributed by atoms with E-state index in [4.69, 9.17) is 5.26 Å².